The van der Waals surface area contributed by atoms with Gasteiger partial charge < -0.3 is 14.9 Å². The summed E-state index contributed by atoms with van der Waals surface area (Å²) in [6.45, 7) is 2.28. The van der Waals surface area contributed by atoms with Crippen LogP contribution in [-0.2, 0) is 9.53 Å². The van der Waals surface area contributed by atoms with Gasteiger partial charge in [-0.05, 0) is 44.9 Å². The molecule has 0 amide bonds. The van der Waals surface area contributed by atoms with E-state index in [0.717, 1.165) is 25.7 Å². The number of allylic oxidation sites excluding steroid dienone is 2. The van der Waals surface area contributed by atoms with E-state index >= 15 is 0 Å². The summed E-state index contributed by atoms with van der Waals surface area (Å²) in [5, 5.41) is 18.1. The summed E-state index contributed by atoms with van der Waals surface area (Å²) in [7, 11) is 0. The Balaban J connectivity index is 1.79. The zero-order chi connectivity index (χ0) is 13.8. The first-order valence-electron chi connectivity index (χ1n) is 7.25. The van der Waals surface area contributed by atoms with E-state index < -0.39 is 5.97 Å². The van der Waals surface area contributed by atoms with Crippen molar-refractivity contribution < 1.29 is 19.7 Å². The van der Waals surface area contributed by atoms with Gasteiger partial charge in [-0.25, -0.2) is 0 Å². The Morgan fingerprint density at radius 1 is 1.26 bits per heavy atom. The molecule has 2 aliphatic rings. The normalized spacial score (nSPS) is 33.9. The number of aliphatic carboxylic acids is 1. The summed E-state index contributed by atoms with van der Waals surface area (Å²) in [5.41, 5.74) is 1.25. The monoisotopic (exact) mass is 268 g/mol. The first kappa shape index (κ1) is 14.5. The van der Waals surface area contributed by atoms with Crippen molar-refractivity contribution in [1.82, 2.24) is 0 Å². The van der Waals surface area contributed by atoms with Crippen molar-refractivity contribution in [2.45, 2.75) is 57.7 Å². The molecule has 2 bridgehead atoms. The molecule has 2 aliphatic heterocycles. The Morgan fingerprint density at radius 2 is 1.95 bits per heavy atom. The summed E-state index contributed by atoms with van der Waals surface area (Å²) < 4.78 is 5.87. The van der Waals surface area contributed by atoms with Gasteiger partial charge in [0.2, 0.25) is 0 Å². The smallest absolute Gasteiger partial charge is 0.303 e. The molecule has 4 heteroatoms. The Hall–Kier alpha value is -0.870. The molecule has 0 aromatic heterocycles. The van der Waals surface area contributed by atoms with E-state index in [1.54, 1.807) is 0 Å². The number of carboxylic acid groups (broad SMARTS) is 1. The van der Waals surface area contributed by atoms with Gasteiger partial charge in [0.15, 0.2) is 0 Å². The summed E-state index contributed by atoms with van der Waals surface area (Å²) >= 11 is 0. The van der Waals surface area contributed by atoms with Crippen molar-refractivity contribution in [2.75, 3.05) is 6.61 Å². The topological polar surface area (TPSA) is 66.8 Å². The van der Waals surface area contributed by atoms with Crippen LogP contribution < -0.4 is 0 Å². The third-order valence-corrected chi connectivity index (χ3v) is 4.50. The highest BCUT2D eigenvalue weighted by Gasteiger charge is 2.47. The molecule has 0 aliphatic carbocycles. The number of rotatable bonds is 7. The van der Waals surface area contributed by atoms with E-state index in [2.05, 4.69) is 13.0 Å². The van der Waals surface area contributed by atoms with Crippen molar-refractivity contribution in [3.63, 3.8) is 0 Å². The summed E-state index contributed by atoms with van der Waals surface area (Å²) in [6, 6.07) is 0. The molecule has 0 saturated carbocycles. The van der Waals surface area contributed by atoms with Crippen LogP contribution in [0.5, 0.6) is 0 Å². The standard InChI is InChI=1S/C15H24O4/c1-10(3-2-4-15(17)18)5-6-11-12(9-16)14-8-7-13(11)19-14/h5,11-14,16H,2-4,6-9H2,1H3,(H,17,18). The quantitative estimate of drug-likeness (QED) is 0.696. The molecule has 4 atom stereocenters. The van der Waals surface area contributed by atoms with Crippen molar-refractivity contribution in [3.8, 4) is 0 Å². The third kappa shape index (κ3) is 3.57. The average Bonchev–Trinajstić information content (AvgIpc) is 2.95. The van der Waals surface area contributed by atoms with E-state index in [0.29, 0.717) is 24.4 Å². The zero-order valence-electron chi connectivity index (χ0n) is 11.5. The zero-order valence-corrected chi connectivity index (χ0v) is 11.5. The molecule has 2 heterocycles. The fraction of sp³-hybridized carbons (Fsp3) is 0.800. The lowest BCUT2D eigenvalue weighted by atomic mass is 9.77. The van der Waals surface area contributed by atoms with Crippen LogP contribution in [0.25, 0.3) is 0 Å². The average molecular weight is 268 g/mol. The Kier molecular flexibility index (Phi) is 4.99. The summed E-state index contributed by atoms with van der Waals surface area (Å²) in [4.78, 5) is 10.5. The molecule has 2 fully saturated rings. The van der Waals surface area contributed by atoms with Gasteiger partial charge in [-0.1, -0.05) is 11.6 Å². The van der Waals surface area contributed by atoms with Gasteiger partial charge in [-0.3, -0.25) is 4.79 Å². The number of carboxylic acids is 1. The molecule has 2 N–H and O–H groups in total. The fourth-order valence-corrected chi connectivity index (χ4v) is 3.41. The molecule has 2 rings (SSSR count). The van der Waals surface area contributed by atoms with Gasteiger partial charge >= 0.3 is 5.97 Å². The predicted molar refractivity (Wildman–Crippen MR) is 71.8 cm³/mol. The Bertz CT molecular complexity index is 350. The second-order valence-electron chi connectivity index (χ2n) is 5.83. The molecule has 0 aromatic carbocycles. The van der Waals surface area contributed by atoms with E-state index in [1.807, 2.05) is 0 Å². The molecule has 19 heavy (non-hydrogen) atoms. The predicted octanol–water partition coefficient (Wildman–Crippen LogP) is 2.36. The third-order valence-electron chi connectivity index (χ3n) is 4.50. The van der Waals surface area contributed by atoms with Gasteiger partial charge in [-0.15, -0.1) is 0 Å². The maximum absolute atomic E-state index is 10.5. The van der Waals surface area contributed by atoms with Crippen molar-refractivity contribution in [1.29, 1.82) is 0 Å². The maximum atomic E-state index is 10.5. The number of fused-ring (bicyclic) bond motifs is 2. The molecule has 2 saturated heterocycles. The van der Waals surface area contributed by atoms with Crippen LogP contribution in [0.2, 0.25) is 0 Å². The minimum atomic E-state index is -0.727. The molecular formula is C15H24O4. The van der Waals surface area contributed by atoms with Gasteiger partial charge in [0.25, 0.3) is 0 Å². The SMILES string of the molecule is CC(=CCC1C2CCC(O2)C1CO)CCCC(=O)O. The highest BCUT2D eigenvalue weighted by atomic mass is 16.5. The maximum Gasteiger partial charge on any atom is 0.303 e. The van der Waals surface area contributed by atoms with Gasteiger partial charge in [0.05, 0.1) is 12.2 Å². The Labute approximate surface area is 114 Å². The van der Waals surface area contributed by atoms with Crippen LogP contribution in [0.1, 0.15) is 45.4 Å². The van der Waals surface area contributed by atoms with Crippen LogP contribution in [-0.4, -0.2) is 35.0 Å². The minimum Gasteiger partial charge on any atom is -0.481 e. The molecule has 0 radical (unpaired) electrons. The lowest BCUT2D eigenvalue weighted by Gasteiger charge is -2.25. The largest absolute Gasteiger partial charge is 0.481 e. The van der Waals surface area contributed by atoms with Crippen LogP contribution in [0, 0.1) is 11.8 Å². The van der Waals surface area contributed by atoms with E-state index in [9.17, 15) is 9.90 Å². The molecule has 0 aromatic rings. The number of ether oxygens (including phenoxy) is 1. The number of hydrogen-bond donors (Lipinski definition) is 2. The van der Waals surface area contributed by atoms with Crippen LogP contribution >= 0.6 is 0 Å². The second-order valence-corrected chi connectivity index (χ2v) is 5.83. The fourth-order valence-electron chi connectivity index (χ4n) is 3.41. The molecule has 4 unspecified atom stereocenters. The molecule has 0 spiro atoms. The molecule has 108 valence electrons. The molecule has 4 nitrogen and oxygen atoms in total. The number of hydrogen-bond acceptors (Lipinski definition) is 3. The lowest BCUT2D eigenvalue weighted by molar-refractivity contribution is -0.137. The van der Waals surface area contributed by atoms with Crippen molar-refractivity contribution in [2.24, 2.45) is 11.8 Å². The van der Waals surface area contributed by atoms with Gasteiger partial charge in [-0.2, -0.15) is 0 Å². The van der Waals surface area contributed by atoms with Crippen LogP contribution in [0.15, 0.2) is 11.6 Å². The first-order chi connectivity index (χ1) is 9.11. The van der Waals surface area contributed by atoms with Gasteiger partial charge in [0.1, 0.15) is 0 Å². The number of aliphatic hydroxyl groups excluding tert-OH is 1. The van der Waals surface area contributed by atoms with E-state index in [4.69, 9.17) is 9.84 Å². The second kappa shape index (κ2) is 6.53. The van der Waals surface area contributed by atoms with Crippen molar-refractivity contribution >= 4 is 5.97 Å². The molecular weight excluding hydrogens is 244 g/mol. The van der Waals surface area contributed by atoms with Gasteiger partial charge in [0, 0.05) is 18.9 Å². The minimum absolute atomic E-state index is 0.220. The Morgan fingerprint density at radius 3 is 2.58 bits per heavy atom. The van der Waals surface area contributed by atoms with E-state index in [-0.39, 0.29) is 19.1 Å². The first-order valence-corrected chi connectivity index (χ1v) is 7.25. The van der Waals surface area contributed by atoms with E-state index in [1.165, 1.54) is 5.57 Å². The van der Waals surface area contributed by atoms with Crippen LogP contribution in [0.4, 0.5) is 0 Å². The highest BCUT2D eigenvalue weighted by Crippen LogP contribution is 2.45. The number of aliphatic hydroxyl groups is 1. The summed E-state index contributed by atoms with van der Waals surface area (Å²) in [6.07, 6.45) is 7.75. The number of carbonyl (C=O) groups is 1. The summed E-state index contributed by atoms with van der Waals surface area (Å²) in [5.74, 6) is 0.00893. The van der Waals surface area contributed by atoms with Crippen LogP contribution in [0.3, 0.4) is 0 Å². The van der Waals surface area contributed by atoms with Crippen molar-refractivity contribution in [3.05, 3.63) is 11.6 Å². The highest BCUT2D eigenvalue weighted by molar-refractivity contribution is 5.66. The lowest BCUT2D eigenvalue weighted by Crippen LogP contribution is -2.29.